The van der Waals surface area contributed by atoms with E-state index in [-0.39, 0.29) is 6.10 Å². The Hall–Kier alpha value is -2.21. The average Bonchev–Trinajstić information content (AvgIpc) is 3.05. The van der Waals surface area contributed by atoms with Crippen molar-refractivity contribution in [3.63, 3.8) is 0 Å². The van der Waals surface area contributed by atoms with Crippen molar-refractivity contribution in [2.45, 2.75) is 32.0 Å². The van der Waals surface area contributed by atoms with E-state index in [9.17, 15) is 0 Å². The Labute approximate surface area is 129 Å². The molecule has 0 aromatic carbocycles. The van der Waals surface area contributed by atoms with Crippen LogP contribution in [0.5, 0.6) is 5.75 Å². The third-order valence-corrected chi connectivity index (χ3v) is 4.28. The van der Waals surface area contributed by atoms with Gasteiger partial charge < -0.3 is 15.0 Å². The molecule has 114 valence electrons. The predicted molar refractivity (Wildman–Crippen MR) is 82.7 cm³/mol. The summed E-state index contributed by atoms with van der Waals surface area (Å²) in [4.78, 5) is 15.3. The van der Waals surface area contributed by atoms with Crippen LogP contribution in [0.3, 0.4) is 0 Å². The zero-order valence-electron chi connectivity index (χ0n) is 12.4. The molecule has 0 atom stereocenters. The first kappa shape index (κ1) is 13.5. The molecule has 0 spiro atoms. The van der Waals surface area contributed by atoms with Crippen LogP contribution >= 0.6 is 0 Å². The first-order valence-electron chi connectivity index (χ1n) is 7.75. The van der Waals surface area contributed by atoms with Gasteiger partial charge in [0.25, 0.3) is 0 Å². The maximum absolute atomic E-state index is 6.00. The van der Waals surface area contributed by atoms with Crippen LogP contribution < -0.4 is 15.0 Å². The molecule has 0 amide bonds. The molecule has 2 aliphatic rings. The molecule has 0 saturated carbocycles. The molecule has 4 heterocycles. The van der Waals surface area contributed by atoms with Crippen LogP contribution in [-0.2, 0) is 13.1 Å². The summed E-state index contributed by atoms with van der Waals surface area (Å²) in [5, 5.41) is 3.35. The molecule has 1 N–H and O–H groups in total. The second-order valence-electron chi connectivity index (χ2n) is 5.72. The topological polar surface area (TPSA) is 63.2 Å². The second-order valence-corrected chi connectivity index (χ2v) is 5.72. The summed E-state index contributed by atoms with van der Waals surface area (Å²) in [6, 6.07) is 3.87. The lowest BCUT2D eigenvalue weighted by Gasteiger charge is -2.33. The van der Waals surface area contributed by atoms with E-state index in [1.54, 1.807) is 18.7 Å². The Morgan fingerprint density at radius 1 is 1.18 bits per heavy atom. The SMILES string of the molecule is c1cncc(OC2CCN(c3ncnc4c3CNC4)CC2)c1. The van der Waals surface area contributed by atoms with E-state index >= 15 is 0 Å². The summed E-state index contributed by atoms with van der Waals surface area (Å²) >= 11 is 0. The van der Waals surface area contributed by atoms with Crippen molar-refractivity contribution in [1.29, 1.82) is 0 Å². The van der Waals surface area contributed by atoms with Crippen LogP contribution in [0.4, 0.5) is 5.82 Å². The van der Waals surface area contributed by atoms with Gasteiger partial charge in [-0.25, -0.2) is 9.97 Å². The fourth-order valence-corrected chi connectivity index (χ4v) is 3.14. The van der Waals surface area contributed by atoms with Gasteiger partial charge in [-0.2, -0.15) is 0 Å². The Bertz CT molecular complexity index is 640. The molecule has 2 aromatic rings. The van der Waals surface area contributed by atoms with Crippen LogP contribution in [0, 0.1) is 0 Å². The number of anilines is 1. The highest BCUT2D eigenvalue weighted by Crippen LogP contribution is 2.27. The number of hydrogen-bond donors (Lipinski definition) is 1. The zero-order valence-corrected chi connectivity index (χ0v) is 12.4. The number of nitrogens with zero attached hydrogens (tertiary/aromatic N) is 4. The molecule has 2 aromatic heterocycles. The van der Waals surface area contributed by atoms with Crippen molar-refractivity contribution >= 4 is 5.82 Å². The molecule has 0 aliphatic carbocycles. The molecule has 1 fully saturated rings. The van der Waals surface area contributed by atoms with Gasteiger partial charge in [0.05, 0.1) is 11.9 Å². The molecule has 6 heteroatoms. The van der Waals surface area contributed by atoms with Crippen molar-refractivity contribution < 1.29 is 4.74 Å². The number of hydrogen-bond acceptors (Lipinski definition) is 6. The van der Waals surface area contributed by atoms with Gasteiger partial charge in [0, 0.05) is 50.8 Å². The predicted octanol–water partition coefficient (Wildman–Crippen LogP) is 1.52. The minimum absolute atomic E-state index is 0.258. The van der Waals surface area contributed by atoms with Crippen molar-refractivity contribution in [3.05, 3.63) is 42.1 Å². The number of pyridine rings is 1. The van der Waals surface area contributed by atoms with Gasteiger partial charge in [0.15, 0.2) is 0 Å². The fraction of sp³-hybridized carbons (Fsp3) is 0.438. The van der Waals surface area contributed by atoms with Crippen molar-refractivity contribution in [3.8, 4) is 5.75 Å². The minimum atomic E-state index is 0.258. The second kappa shape index (κ2) is 5.88. The molecular weight excluding hydrogens is 278 g/mol. The van der Waals surface area contributed by atoms with Gasteiger partial charge in [-0.05, 0) is 12.1 Å². The Balaban J connectivity index is 1.41. The molecule has 6 nitrogen and oxygen atoms in total. The molecular formula is C16H19N5O. The van der Waals surface area contributed by atoms with Crippen LogP contribution in [0.15, 0.2) is 30.9 Å². The first-order valence-corrected chi connectivity index (χ1v) is 7.75. The largest absolute Gasteiger partial charge is 0.489 e. The molecule has 0 radical (unpaired) electrons. The summed E-state index contributed by atoms with van der Waals surface area (Å²) in [7, 11) is 0. The highest BCUT2D eigenvalue weighted by molar-refractivity contribution is 5.50. The monoisotopic (exact) mass is 297 g/mol. The van der Waals surface area contributed by atoms with E-state index in [2.05, 4.69) is 25.2 Å². The average molecular weight is 297 g/mol. The molecule has 22 heavy (non-hydrogen) atoms. The van der Waals surface area contributed by atoms with Gasteiger partial charge in [0.2, 0.25) is 0 Å². The van der Waals surface area contributed by atoms with Crippen LogP contribution in [0.2, 0.25) is 0 Å². The molecule has 2 aliphatic heterocycles. The van der Waals surface area contributed by atoms with Crippen LogP contribution in [0.25, 0.3) is 0 Å². The van der Waals surface area contributed by atoms with E-state index in [1.165, 1.54) is 5.56 Å². The number of aromatic nitrogens is 3. The summed E-state index contributed by atoms with van der Waals surface area (Å²) in [5.74, 6) is 1.95. The normalized spacial score (nSPS) is 18.3. The summed E-state index contributed by atoms with van der Waals surface area (Å²) in [6.45, 7) is 3.66. The van der Waals surface area contributed by atoms with Gasteiger partial charge in [0.1, 0.15) is 24.0 Å². The fourth-order valence-electron chi connectivity index (χ4n) is 3.14. The Morgan fingerprint density at radius 3 is 2.91 bits per heavy atom. The quantitative estimate of drug-likeness (QED) is 0.927. The third kappa shape index (κ3) is 2.62. The van der Waals surface area contributed by atoms with Crippen molar-refractivity contribution in [1.82, 2.24) is 20.3 Å². The van der Waals surface area contributed by atoms with E-state index in [1.807, 2.05) is 12.1 Å². The van der Waals surface area contributed by atoms with Gasteiger partial charge in [-0.1, -0.05) is 0 Å². The van der Waals surface area contributed by atoms with E-state index < -0.39 is 0 Å². The van der Waals surface area contributed by atoms with Crippen molar-refractivity contribution in [2.24, 2.45) is 0 Å². The Morgan fingerprint density at radius 2 is 2.09 bits per heavy atom. The number of piperidine rings is 1. The van der Waals surface area contributed by atoms with Gasteiger partial charge in [-0.3, -0.25) is 4.98 Å². The van der Waals surface area contributed by atoms with Crippen LogP contribution in [0.1, 0.15) is 24.1 Å². The van der Waals surface area contributed by atoms with E-state index in [0.717, 1.165) is 56.3 Å². The number of rotatable bonds is 3. The van der Waals surface area contributed by atoms with Gasteiger partial charge in [-0.15, -0.1) is 0 Å². The third-order valence-electron chi connectivity index (χ3n) is 4.28. The summed E-state index contributed by atoms with van der Waals surface area (Å²) < 4.78 is 6.00. The molecule has 1 saturated heterocycles. The number of nitrogens with one attached hydrogen (secondary N) is 1. The molecule has 0 unspecified atom stereocenters. The van der Waals surface area contributed by atoms with E-state index in [0.29, 0.717) is 0 Å². The maximum Gasteiger partial charge on any atom is 0.137 e. The highest BCUT2D eigenvalue weighted by Gasteiger charge is 2.25. The minimum Gasteiger partial charge on any atom is -0.489 e. The van der Waals surface area contributed by atoms with E-state index in [4.69, 9.17) is 4.74 Å². The lowest BCUT2D eigenvalue weighted by atomic mass is 10.1. The smallest absolute Gasteiger partial charge is 0.137 e. The highest BCUT2D eigenvalue weighted by atomic mass is 16.5. The van der Waals surface area contributed by atoms with Crippen molar-refractivity contribution in [2.75, 3.05) is 18.0 Å². The molecule has 4 rings (SSSR count). The first-order chi connectivity index (χ1) is 10.9. The zero-order chi connectivity index (χ0) is 14.8. The lowest BCUT2D eigenvalue weighted by molar-refractivity contribution is 0.170. The van der Waals surface area contributed by atoms with Crippen LogP contribution in [-0.4, -0.2) is 34.1 Å². The van der Waals surface area contributed by atoms with Gasteiger partial charge >= 0.3 is 0 Å². The Kier molecular flexibility index (Phi) is 3.60. The maximum atomic E-state index is 6.00. The number of ether oxygens (including phenoxy) is 1. The molecule has 0 bridgehead atoms. The number of fused-ring (bicyclic) bond motifs is 1. The summed E-state index contributed by atoms with van der Waals surface area (Å²) in [6.07, 6.45) is 7.48. The summed E-state index contributed by atoms with van der Waals surface area (Å²) in [5.41, 5.74) is 2.40. The lowest BCUT2D eigenvalue weighted by Crippen LogP contribution is -2.39. The standard InChI is InChI=1S/C16H19N5O/c1-2-13(8-17-5-1)22-12-3-6-21(7-4-12)16-14-9-18-10-15(14)19-11-20-16/h1-2,5,8,11-12,18H,3-4,6-7,9-10H2.